The molecule has 0 aliphatic carbocycles. The fourth-order valence-corrected chi connectivity index (χ4v) is 4.07. The first-order valence-electron chi connectivity index (χ1n) is 7.43. The van der Waals surface area contributed by atoms with Crippen LogP contribution in [0.2, 0.25) is 0 Å². The van der Waals surface area contributed by atoms with Crippen LogP contribution < -0.4 is 10.7 Å². The molecule has 0 saturated heterocycles. The van der Waals surface area contributed by atoms with Crippen LogP contribution >= 0.6 is 11.3 Å². The normalized spacial score (nSPS) is 11.3. The van der Waals surface area contributed by atoms with Gasteiger partial charge in [-0.15, -0.1) is 11.3 Å². The summed E-state index contributed by atoms with van der Waals surface area (Å²) in [7, 11) is -0.165. The SMILES string of the molecule is CN(C)NC(=O)c1ccsc1NC(=O)CCS(=O)(=O)c1ccccc1. The van der Waals surface area contributed by atoms with Gasteiger partial charge in [0.25, 0.3) is 5.91 Å². The lowest BCUT2D eigenvalue weighted by atomic mass is 10.3. The number of nitrogens with zero attached hydrogens (tertiary/aromatic N) is 1. The van der Waals surface area contributed by atoms with E-state index in [0.29, 0.717) is 10.6 Å². The first kappa shape index (κ1) is 19.1. The molecule has 0 radical (unpaired) electrons. The minimum absolute atomic E-state index is 0.185. The molecule has 134 valence electrons. The van der Waals surface area contributed by atoms with Crippen molar-refractivity contribution < 1.29 is 18.0 Å². The summed E-state index contributed by atoms with van der Waals surface area (Å²) in [5.74, 6) is -1.10. The Labute approximate surface area is 150 Å². The molecule has 0 bridgehead atoms. The van der Waals surface area contributed by atoms with Crippen molar-refractivity contribution >= 4 is 38.0 Å². The maximum Gasteiger partial charge on any atom is 0.268 e. The Morgan fingerprint density at radius 1 is 1.12 bits per heavy atom. The second-order valence-electron chi connectivity index (χ2n) is 5.43. The summed E-state index contributed by atoms with van der Waals surface area (Å²) >= 11 is 1.20. The number of benzene rings is 1. The molecule has 2 aromatic rings. The molecule has 2 amide bonds. The number of hydrogen-bond acceptors (Lipinski definition) is 6. The van der Waals surface area contributed by atoms with Crippen molar-refractivity contribution in [2.45, 2.75) is 11.3 Å². The molecule has 25 heavy (non-hydrogen) atoms. The second-order valence-corrected chi connectivity index (χ2v) is 8.45. The topological polar surface area (TPSA) is 95.6 Å². The molecule has 0 fully saturated rings. The molecule has 0 aliphatic rings. The summed E-state index contributed by atoms with van der Waals surface area (Å²) < 4.78 is 24.4. The molecule has 2 rings (SSSR count). The highest BCUT2D eigenvalue weighted by Crippen LogP contribution is 2.23. The van der Waals surface area contributed by atoms with Crippen molar-refractivity contribution in [3.8, 4) is 0 Å². The van der Waals surface area contributed by atoms with E-state index in [9.17, 15) is 18.0 Å². The number of anilines is 1. The van der Waals surface area contributed by atoms with Crippen molar-refractivity contribution in [2.24, 2.45) is 0 Å². The fraction of sp³-hybridized carbons (Fsp3) is 0.250. The maximum absolute atomic E-state index is 12.2. The zero-order valence-corrected chi connectivity index (χ0v) is 15.5. The van der Waals surface area contributed by atoms with Crippen LogP contribution in [0.3, 0.4) is 0 Å². The van der Waals surface area contributed by atoms with Crippen LogP contribution in [0.1, 0.15) is 16.8 Å². The number of sulfone groups is 1. The van der Waals surface area contributed by atoms with Gasteiger partial charge in [0.15, 0.2) is 9.84 Å². The third-order valence-corrected chi connectivity index (χ3v) is 5.75. The predicted molar refractivity (Wildman–Crippen MR) is 97.2 cm³/mol. The zero-order chi connectivity index (χ0) is 18.4. The van der Waals surface area contributed by atoms with Gasteiger partial charge in [0.2, 0.25) is 5.91 Å². The first-order chi connectivity index (χ1) is 11.8. The van der Waals surface area contributed by atoms with Crippen LogP contribution in [-0.2, 0) is 14.6 Å². The van der Waals surface area contributed by atoms with E-state index in [1.165, 1.54) is 28.5 Å². The van der Waals surface area contributed by atoms with Crippen molar-refractivity contribution in [3.63, 3.8) is 0 Å². The average Bonchev–Trinajstić information content (AvgIpc) is 3.01. The van der Waals surface area contributed by atoms with Gasteiger partial charge in [-0.2, -0.15) is 0 Å². The van der Waals surface area contributed by atoms with Crippen molar-refractivity contribution in [3.05, 3.63) is 47.3 Å². The zero-order valence-electron chi connectivity index (χ0n) is 13.9. The maximum atomic E-state index is 12.2. The van der Waals surface area contributed by atoms with E-state index in [1.54, 1.807) is 43.7 Å². The number of nitrogens with one attached hydrogen (secondary N) is 2. The van der Waals surface area contributed by atoms with Gasteiger partial charge in [-0.3, -0.25) is 15.0 Å². The second kappa shape index (κ2) is 8.24. The van der Waals surface area contributed by atoms with Crippen molar-refractivity contribution in [2.75, 3.05) is 25.2 Å². The third-order valence-electron chi connectivity index (χ3n) is 3.19. The Kier molecular flexibility index (Phi) is 6.29. The standard InChI is InChI=1S/C16H19N3O4S2/c1-19(2)18-15(21)13-8-10-24-16(13)17-14(20)9-11-25(22,23)12-6-4-3-5-7-12/h3-8,10H,9,11H2,1-2H3,(H,17,20)(H,18,21). The summed E-state index contributed by atoms with van der Waals surface area (Å²) in [5.41, 5.74) is 2.92. The summed E-state index contributed by atoms with van der Waals surface area (Å²) in [4.78, 5) is 24.3. The number of amides is 2. The lowest BCUT2D eigenvalue weighted by molar-refractivity contribution is -0.115. The molecule has 1 aromatic heterocycles. The Morgan fingerprint density at radius 3 is 2.44 bits per heavy atom. The minimum Gasteiger partial charge on any atom is -0.317 e. The molecule has 0 unspecified atom stereocenters. The van der Waals surface area contributed by atoms with E-state index in [-0.39, 0.29) is 23.0 Å². The highest BCUT2D eigenvalue weighted by Gasteiger charge is 2.19. The Bertz CT molecular complexity index is 845. The highest BCUT2D eigenvalue weighted by molar-refractivity contribution is 7.91. The van der Waals surface area contributed by atoms with Gasteiger partial charge in [0, 0.05) is 20.5 Å². The summed E-state index contributed by atoms with van der Waals surface area (Å²) in [6.45, 7) is 0. The Hall–Kier alpha value is -2.23. The van der Waals surface area contributed by atoms with Gasteiger partial charge < -0.3 is 5.32 Å². The van der Waals surface area contributed by atoms with Crippen LogP contribution in [0.25, 0.3) is 0 Å². The smallest absolute Gasteiger partial charge is 0.268 e. The molecule has 7 nitrogen and oxygen atoms in total. The van der Waals surface area contributed by atoms with Crippen LogP contribution in [-0.4, -0.2) is 45.1 Å². The van der Waals surface area contributed by atoms with Crippen molar-refractivity contribution in [1.29, 1.82) is 0 Å². The molecular weight excluding hydrogens is 362 g/mol. The lowest BCUT2D eigenvalue weighted by Gasteiger charge is -2.12. The number of rotatable bonds is 7. The van der Waals surface area contributed by atoms with Gasteiger partial charge in [-0.1, -0.05) is 18.2 Å². The quantitative estimate of drug-likeness (QED) is 0.713. The highest BCUT2D eigenvalue weighted by atomic mass is 32.2. The van der Waals surface area contributed by atoms with E-state index in [4.69, 9.17) is 0 Å². The largest absolute Gasteiger partial charge is 0.317 e. The number of carbonyl (C=O) groups excluding carboxylic acids is 2. The van der Waals surface area contributed by atoms with Gasteiger partial charge in [0.05, 0.1) is 16.2 Å². The number of hydrogen-bond donors (Lipinski definition) is 2. The first-order valence-corrected chi connectivity index (χ1v) is 9.96. The molecule has 9 heteroatoms. The van der Waals surface area contributed by atoms with Gasteiger partial charge in [-0.05, 0) is 23.6 Å². The third kappa shape index (κ3) is 5.38. The van der Waals surface area contributed by atoms with Crippen LogP contribution in [0.4, 0.5) is 5.00 Å². The van der Waals surface area contributed by atoms with Gasteiger partial charge in [0.1, 0.15) is 5.00 Å². The molecule has 0 aliphatic heterocycles. The lowest BCUT2D eigenvalue weighted by Crippen LogP contribution is -2.36. The van der Waals surface area contributed by atoms with E-state index in [2.05, 4.69) is 10.7 Å². The molecule has 1 heterocycles. The number of carbonyl (C=O) groups is 2. The van der Waals surface area contributed by atoms with Crippen molar-refractivity contribution in [1.82, 2.24) is 10.4 Å². The van der Waals surface area contributed by atoms with E-state index < -0.39 is 15.7 Å². The number of thiophene rings is 1. The Morgan fingerprint density at radius 2 is 1.80 bits per heavy atom. The van der Waals surface area contributed by atoms with Crippen LogP contribution in [0.5, 0.6) is 0 Å². The summed E-state index contributed by atoms with van der Waals surface area (Å²) in [6.07, 6.45) is -0.191. The molecule has 0 atom stereocenters. The molecule has 0 saturated carbocycles. The van der Waals surface area contributed by atoms with Crippen LogP contribution in [0, 0.1) is 0 Å². The van der Waals surface area contributed by atoms with Gasteiger partial charge >= 0.3 is 0 Å². The molecule has 0 spiro atoms. The Balaban J connectivity index is 1.98. The predicted octanol–water partition coefficient (Wildman–Crippen LogP) is 1.76. The molecule has 2 N–H and O–H groups in total. The van der Waals surface area contributed by atoms with E-state index in [1.807, 2.05) is 0 Å². The molecular formula is C16H19N3O4S2. The summed E-state index contributed by atoms with van der Waals surface area (Å²) in [5, 5.41) is 6.17. The average molecular weight is 381 g/mol. The van der Waals surface area contributed by atoms with Crippen LogP contribution in [0.15, 0.2) is 46.7 Å². The summed E-state index contributed by atoms with van der Waals surface area (Å²) in [6, 6.07) is 9.58. The van der Waals surface area contributed by atoms with E-state index in [0.717, 1.165) is 0 Å². The van der Waals surface area contributed by atoms with Gasteiger partial charge in [-0.25, -0.2) is 13.4 Å². The number of hydrazine groups is 1. The minimum atomic E-state index is -3.52. The molecule has 1 aromatic carbocycles. The van der Waals surface area contributed by atoms with E-state index >= 15 is 0 Å². The monoisotopic (exact) mass is 381 g/mol. The fourth-order valence-electron chi connectivity index (χ4n) is 2.01.